The summed E-state index contributed by atoms with van der Waals surface area (Å²) in [5, 5.41) is 2.61. The first-order chi connectivity index (χ1) is 7.61. The van der Waals surface area contributed by atoms with Gasteiger partial charge in [0.25, 0.3) is 0 Å². The maximum atomic E-state index is 11.1. The smallest absolute Gasteiger partial charge is 0.315 e. The van der Waals surface area contributed by atoms with E-state index in [0.717, 1.165) is 0 Å². The molecule has 0 aliphatic carbocycles. The lowest BCUT2D eigenvalue weighted by Gasteiger charge is -2.04. The molecule has 0 aromatic heterocycles. The lowest BCUT2D eigenvalue weighted by molar-refractivity contribution is -0.133. The number of esters is 1. The lowest BCUT2D eigenvalue weighted by atomic mass is 10.3. The number of rotatable bonds is 4. The Hall–Kier alpha value is -2.10. The number of anilines is 1. The van der Waals surface area contributed by atoms with Crippen molar-refractivity contribution in [3.8, 4) is 5.75 Å². The predicted octanol–water partition coefficient (Wildman–Crippen LogP) is 2.13. The van der Waals surface area contributed by atoms with Crippen molar-refractivity contribution in [2.45, 2.75) is 13.3 Å². The molecule has 0 bridgehead atoms. The second-order valence-corrected chi connectivity index (χ2v) is 3.17. The van der Waals surface area contributed by atoms with Crippen molar-refractivity contribution in [2.24, 2.45) is 0 Å². The van der Waals surface area contributed by atoms with Gasteiger partial charge in [-0.3, -0.25) is 9.59 Å². The van der Waals surface area contributed by atoms with Crippen molar-refractivity contribution < 1.29 is 14.3 Å². The van der Waals surface area contributed by atoms with E-state index in [0.29, 0.717) is 11.4 Å². The molecule has 1 amide bonds. The van der Waals surface area contributed by atoms with Crippen molar-refractivity contribution in [3.05, 3.63) is 36.9 Å². The van der Waals surface area contributed by atoms with Crippen molar-refractivity contribution in [1.29, 1.82) is 0 Å². The second kappa shape index (κ2) is 5.70. The van der Waals surface area contributed by atoms with Crippen molar-refractivity contribution in [2.75, 3.05) is 5.32 Å². The molecular formula is C12H13NO3. The molecule has 0 aliphatic heterocycles. The zero-order chi connectivity index (χ0) is 12.0. The van der Waals surface area contributed by atoms with Crippen LogP contribution in [0.4, 0.5) is 5.69 Å². The van der Waals surface area contributed by atoms with Crippen LogP contribution >= 0.6 is 0 Å². The summed E-state index contributed by atoms with van der Waals surface area (Å²) in [6.45, 7) is 4.87. The van der Waals surface area contributed by atoms with Gasteiger partial charge >= 0.3 is 5.97 Å². The Morgan fingerprint density at radius 3 is 2.50 bits per heavy atom. The summed E-state index contributed by atoms with van der Waals surface area (Å²) in [4.78, 5) is 21.9. The monoisotopic (exact) mass is 219 g/mol. The van der Waals surface area contributed by atoms with Crippen LogP contribution in [0.1, 0.15) is 13.3 Å². The van der Waals surface area contributed by atoms with Crippen LogP contribution in [0, 0.1) is 0 Å². The molecule has 4 heteroatoms. The molecule has 1 aromatic rings. The van der Waals surface area contributed by atoms with Gasteiger partial charge in [0.05, 0.1) is 6.42 Å². The zero-order valence-corrected chi connectivity index (χ0v) is 9.03. The summed E-state index contributed by atoms with van der Waals surface area (Å²) in [6, 6.07) is 6.56. The standard InChI is InChI=1S/C12H13NO3/c1-3-4-12(15)16-11-7-5-10(6-8-11)13-9(2)14/h3,5-8H,1,4H2,2H3,(H,13,14). The number of amides is 1. The number of carbonyl (C=O) groups excluding carboxylic acids is 2. The van der Waals surface area contributed by atoms with E-state index in [1.54, 1.807) is 24.3 Å². The Balaban J connectivity index is 2.60. The molecule has 0 saturated heterocycles. The van der Waals surface area contributed by atoms with Gasteiger partial charge in [0.2, 0.25) is 5.91 Å². The van der Waals surface area contributed by atoms with E-state index in [9.17, 15) is 9.59 Å². The fourth-order valence-corrected chi connectivity index (χ4v) is 1.10. The third kappa shape index (κ3) is 3.96. The molecular weight excluding hydrogens is 206 g/mol. The molecule has 0 unspecified atom stereocenters. The van der Waals surface area contributed by atoms with Crippen LogP contribution in [0.3, 0.4) is 0 Å². The van der Waals surface area contributed by atoms with Gasteiger partial charge in [-0.15, -0.1) is 6.58 Å². The molecule has 0 radical (unpaired) electrons. The number of ether oxygens (including phenoxy) is 1. The Labute approximate surface area is 93.9 Å². The van der Waals surface area contributed by atoms with Gasteiger partial charge in [0, 0.05) is 12.6 Å². The van der Waals surface area contributed by atoms with Gasteiger partial charge < -0.3 is 10.1 Å². The minimum atomic E-state index is -0.359. The second-order valence-electron chi connectivity index (χ2n) is 3.17. The molecule has 1 N–H and O–H groups in total. The highest BCUT2D eigenvalue weighted by Crippen LogP contribution is 2.16. The molecule has 1 aromatic carbocycles. The summed E-state index contributed by atoms with van der Waals surface area (Å²) in [7, 11) is 0. The van der Waals surface area contributed by atoms with Crippen molar-refractivity contribution in [3.63, 3.8) is 0 Å². The SMILES string of the molecule is C=CCC(=O)Oc1ccc(NC(C)=O)cc1. The predicted molar refractivity (Wildman–Crippen MR) is 61.2 cm³/mol. The molecule has 1 rings (SSSR count). The first-order valence-electron chi connectivity index (χ1n) is 4.81. The van der Waals surface area contributed by atoms with E-state index >= 15 is 0 Å². The third-order valence-electron chi connectivity index (χ3n) is 1.72. The van der Waals surface area contributed by atoms with Crippen LogP contribution in [0.2, 0.25) is 0 Å². The van der Waals surface area contributed by atoms with Crippen LogP contribution in [0.15, 0.2) is 36.9 Å². The number of benzene rings is 1. The highest BCUT2D eigenvalue weighted by Gasteiger charge is 2.02. The highest BCUT2D eigenvalue weighted by atomic mass is 16.5. The van der Waals surface area contributed by atoms with Gasteiger partial charge in [0.15, 0.2) is 0 Å². The largest absolute Gasteiger partial charge is 0.426 e. The molecule has 0 fully saturated rings. The van der Waals surface area contributed by atoms with E-state index in [4.69, 9.17) is 4.74 Å². The fraction of sp³-hybridized carbons (Fsp3) is 0.167. The summed E-state index contributed by atoms with van der Waals surface area (Å²) >= 11 is 0. The van der Waals surface area contributed by atoms with Crippen LogP contribution in [-0.4, -0.2) is 11.9 Å². The molecule has 0 heterocycles. The number of carbonyl (C=O) groups is 2. The van der Waals surface area contributed by atoms with E-state index in [1.165, 1.54) is 13.0 Å². The van der Waals surface area contributed by atoms with Gasteiger partial charge in [0.1, 0.15) is 5.75 Å². The molecule has 0 spiro atoms. The molecule has 84 valence electrons. The highest BCUT2D eigenvalue weighted by molar-refractivity contribution is 5.88. The molecule has 16 heavy (non-hydrogen) atoms. The molecule has 0 saturated carbocycles. The minimum Gasteiger partial charge on any atom is -0.426 e. The Morgan fingerprint density at radius 2 is 2.00 bits per heavy atom. The van der Waals surface area contributed by atoms with Gasteiger partial charge in [-0.05, 0) is 24.3 Å². The maximum absolute atomic E-state index is 11.1. The normalized spacial score (nSPS) is 9.31. The van der Waals surface area contributed by atoms with Crippen molar-refractivity contribution >= 4 is 17.6 Å². The van der Waals surface area contributed by atoms with Gasteiger partial charge in [-0.2, -0.15) is 0 Å². The summed E-state index contributed by atoms with van der Waals surface area (Å²) in [5.41, 5.74) is 0.663. The maximum Gasteiger partial charge on any atom is 0.315 e. The number of hydrogen-bond acceptors (Lipinski definition) is 3. The zero-order valence-electron chi connectivity index (χ0n) is 9.03. The Morgan fingerprint density at radius 1 is 1.38 bits per heavy atom. The Bertz CT molecular complexity index is 395. The summed E-state index contributed by atoms with van der Waals surface area (Å²) < 4.78 is 4.99. The van der Waals surface area contributed by atoms with E-state index < -0.39 is 0 Å². The first kappa shape index (κ1) is 12.0. The van der Waals surface area contributed by atoms with Crippen LogP contribution in [0.25, 0.3) is 0 Å². The Kier molecular flexibility index (Phi) is 4.27. The summed E-state index contributed by atoms with van der Waals surface area (Å²) in [6.07, 6.45) is 1.65. The molecule has 0 aliphatic rings. The van der Waals surface area contributed by atoms with E-state index in [1.807, 2.05) is 0 Å². The van der Waals surface area contributed by atoms with E-state index in [2.05, 4.69) is 11.9 Å². The molecule has 4 nitrogen and oxygen atoms in total. The van der Waals surface area contributed by atoms with E-state index in [-0.39, 0.29) is 18.3 Å². The van der Waals surface area contributed by atoms with Crippen LogP contribution in [-0.2, 0) is 9.59 Å². The number of hydrogen-bond donors (Lipinski definition) is 1. The average Bonchev–Trinajstić information content (AvgIpc) is 2.20. The van der Waals surface area contributed by atoms with Crippen LogP contribution < -0.4 is 10.1 Å². The average molecular weight is 219 g/mol. The topological polar surface area (TPSA) is 55.4 Å². The third-order valence-corrected chi connectivity index (χ3v) is 1.72. The van der Waals surface area contributed by atoms with Crippen LogP contribution in [0.5, 0.6) is 5.75 Å². The number of nitrogens with one attached hydrogen (secondary N) is 1. The van der Waals surface area contributed by atoms with Crippen molar-refractivity contribution in [1.82, 2.24) is 0 Å². The lowest BCUT2D eigenvalue weighted by Crippen LogP contribution is -2.07. The molecule has 0 atom stereocenters. The van der Waals surface area contributed by atoms with Gasteiger partial charge in [-0.25, -0.2) is 0 Å². The van der Waals surface area contributed by atoms with Gasteiger partial charge in [-0.1, -0.05) is 6.08 Å². The fourth-order valence-electron chi connectivity index (χ4n) is 1.10. The first-order valence-corrected chi connectivity index (χ1v) is 4.81. The quantitative estimate of drug-likeness (QED) is 0.479. The summed E-state index contributed by atoms with van der Waals surface area (Å²) in [5.74, 6) is -0.0559. The minimum absolute atomic E-state index is 0.142.